The maximum Gasteiger partial charge on any atom is 0.342 e. The van der Waals surface area contributed by atoms with Crippen LogP contribution in [0.3, 0.4) is 0 Å². The van der Waals surface area contributed by atoms with Crippen LogP contribution in [0.4, 0.5) is 5.82 Å². The smallest absolute Gasteiger partial charge is 0.342 e. The Hall–Kier alpha value is -2.63. The van der Waals surface area contributed by atoms with Crippen LogP contribution >= 0.6 is 11.6 Å². The summed E-state index contributed by atoms with van der Waals surface area (Å²) < 4.78 is 5.44. The fourth-order valence-corrected chi connectivity index (χ4v) is 5.07. The van der Waals surface area contributed by atoms with Gasteiger partial charge in [-0.05, 0) is 74.6 Å². The van der Waals surface area contributed by atoms with Gasteiger partial charge in [0.15, 0.2) is 0 Å². The zero-order valence-electron chi connectivity index (χ0n) is 20.3. The number of carbonyl (C=O) groups excluding carboxylic acids is 1. The molecular formula is C28H34ClN3O2. The molecule has 2 aliphatic rings. The second-order valence-corrected chi connectivity index (χ2v) is 9.65. The Morgan fingerprint density at radius 3 is 2.76 bits per heavy atom. The van der Waals surface area contributed by atoms with Crippen molar-refractivity contribution in [2.45, 2.75) is 58.7 Å². The van der Waals surface area contributed by atoms with Gasteiger partial charge in [-0.3, -0.25) is 4.90 Å². The number of likely N-dealkylation sites (N-methyl/N-ethyl adjacent to an activating group) is 1. The number of hydrogen-bond donors (Lipinski definition) is 0. The van der Waals surface area contributed by atoms with Gasteiger partial charge in [0, 0.05) is 36.9 Å². The van der Waals surface area contributed by atoms with Crippen molar-refractivity contribution in [2.24, 2.45) is 0 Å². The van der Waals surface area contributed by atoms with Crippen molar-refractivity contribution in [3.8, 4) is 0 Å². The van der Waals surface area contributed by atoms with Crippen molar-refractivity contribution in [1.82, 2.24) is 9.88 Å². The van der Waals surface area contributed by atoms with Crippen LogP contribution in [0.25, 0.3) is 5.57 Å². The van der Waals surface area contributed by atoms with Crippen LogP contribution in [0.2, 0.25) is 0 Å². The summed E-state index contributed by atoms with van der Waals surface area (Å²) >= 11 is 6.42. The third-order valence-electron chi connectivity index (χ3n) is 6.54. The Labute approximate surface area is 208 Å². The molecule has 1 unspecified atom stereocenters. The van der Waals surface area contributed by atoms with Crippen LogP contribution in [0.1, 0.15) is 61.5 Å². The molecule has 0 N–H and O–H groups in total. The third kappa shape index (κ3) is 5.70. The molecule has 1 aliphatic carbocycles. The van der Waals surface area contributed by atoms with Gasteiger partial charge in [-0.1, -0.05) is 48.9 Å². The van der Waals surface area contributed by atoms with Gasteiger partial charge in [0.25, 0.3) is 0 Å². The van der Waals surface area contributed by atoms with E-state index in [0.29, 0.717) is 11.6 Å². The maximum absolute atomic E-state index is 12.6. The minimum atomic E-state index is -0.308. The molecule has 34 heavy (non-hydrogen) atoms. The number of esters is 1. The summed E-state index contributed by atoms with van der Waals surface area (Å²) in [6, 6.07) is 12.8. The molecule has 0 amide bonds. The summed E-state index contributed by atoms with van der Waals surface area (Å²) in [4.78, 5) is 21.9. The Balaban J connectivity index is 1.43. The van der Waals surface area contributed by atoms with Crippen molar-refractivity contribution in [1.29, 1.82) is 0 Å². The van der Waals surface area contributed by atoms with Gasteiger partial charge >= 0.3 is 5.97 Å². The SMILES string of the molecule is CCN(Cc1ccc(C2=C(Cl)C=CCC2)cc1)C1CCN(c2ncccc2C(=O)OC(C)C)C1. The van der Waals surface area contributed by atoms with Crippen molar-refractivity contribution >= 4 is 29.0 Å². The van der Waals surface area contributed by atoms with E-state index in [2.05, 4.69) is 52.0 Å². The third-order valence-corrected chi connectivity index (χ3v) is 6.89. The lowest BCUT2D eigenvalue weighted by Gasteiger charge is -2.28. The van der Waals surface area contributed by atoms with Crippen molar-refractivity contribution in [3.05, 3.63) is 76.5 Å². The minimum absolute atomic E-state index is 0.157. The normalized spacial score (nSPS) is 18.3. The molecule has 0 spiro atoms. The van der Waals surface area contributed by atoms with Crippen LogP contribution in [-0.2, 0) is 11.3 Å². The second kappa shape index (κ2) is 11.2. The lowest BCUT2D eigenvalue weighted by Crippen LogP contribution is -2.37. The van der Waals surface area contributed by atoms with Gasteiger partial charge < -0.3 is 9.64 Å². The molecule has 180 valence electrons. The first-order valence-electron chi connectivity index (χ1n) is 12.3. The molecule has 1 aliphatic heterocycles. The Kier molecular flexibility index (Phi) is 8.07. The highest BCUT2D eigenvalue weighted by atomic mass is 35.5. The standard InChI is InChI=1S/C28H34ClN3O2/c1-4-31(18-21-11-13-22(14-12-21)24-8-5-6-10-26(24)29)23-15-17-32(19-23)27-25(9-7-16-30-27)28(33)34-20(2)3/h6-7,9-14,16,20,23H,4-5,8,15,17-19H2,1-3H3. The molecule has 2 heterocycles. The molecule has 1 aromatic carbocycles. The van der Waals surface area contributed by atoms with E-state index in [-0.39, 0.29) is 12.1 Å². The molecule has 1 fully saturated rings. The predicted octanol–water partition coefficient (Wildman–Crippen LogP) is 6.05. The number of carbonyl (C=O) groups is 1. The maximum atomic E-state index is 12.6. The predicted molar refractivity (Wildman–Crippen MR) is 139 cm³/mol. The molecule has 1 aromatic heterocycles. The number of nitrogens with zero attached hydrogens (tertiary/aromatic N) is 3. The molecule has 5 nitrogen and oxygen atoms in total. The number of rotatable bonds is 8. The van der Waals surface area contributed by atoms with Crippen LogP contribution in [0.15, 0.2) is 59.8 Å². The van der Waals surface area contributed by atoms with Gasteiger partial charge in [-0.15, -0.1) is 0 Å². The first-order chi connectivity index (χ1) is 16.5. The molecule has 0 saturated carbocycles. The molecule has 6 heteroatoms. The molecule has 0 radical (unpaired) electrons. The van der Waals surface area contributed by atoms with Crippen molar-refractivity contribution in [2.75, 3.05) is 24.5 Å². The first-order valence-corrected chi connectivity index (χ1v) is 12.6. The number of ether oxygens (including phenoxy) is 1. The number of pyridine rings is 1. The van der Waals surface area contributed by atoms with E-state index in [1.165, 1.54) is 16.7 Å². The molecule has 1 saturated heterocycles. The second-order valence-electron chi connectivity index (χ2n) is 9.24. The molecule has 2 aromatic rings. The largest absolute Gasteiger partial charge is 0.459 e. The van der Waals surface area contributed by atoms with Crippen LogP contribution in [0.5, 0.6) is 0 Å². The number of benzene rings is 1. The lowest BCUT2D eigenvalue weighted by molar-refractivity contribution is 0.0378. The molecule has 1 atom stereocenters. The van der Waals surface area contributed by atoms with Crippen molar-refractivity contribution < 1.29 is 9.53 Å². The fraction of sp³-hybridized carbons (Fsp3) is 0.429. The summed E-state index contributed by atoms with van der Waals surface area (Å²) in [6.07, 6.45) is 8.81. The molecule has 0 bridgehead atoms. The minimum Gasteiger partial charge on any atom is -0.459 e. The van der Waals surface area contributed by atoms with E-state index in [1.54, 1.807) is 12.3 Å². The van der Waals surface area contributed by atoms with E-state index in [0.717, 1.165) is 56.3 Å². The van der Waals surface area contributed by atoms with E-state index >= 15 is 0 Å². The van der Waals surface area contributed by atoms with E-state index < -0.39 is 0 Å². The van der Waals surface area contributed by atoms with Gasteiger partial charge in [0.2, 0.25) is 0 Å². The van der Waals surface area contributed by atoms with Crippen LogP contribution < -0.4 is 4.90 Å². The zero-order chi connectivity index (χ0) is 24.1. The zero-order valence-corrected chi connectivity index (χ0v) is 21.1. The lowest BCUT2D eigenvalue weighted by atomic mass is 9.96. The quantitative estimate of drug-likeness (QED) is 0.431. The Morgan fingerprint density at radius 2 is 2.06 bits per heavy atom. The number of hydrogen-bond acceptors (Lipinski definition) is 5. The highest BCUT2D eigenvalue weighted by molar-refractivity contribution is 6.34. The van der Waals surface area contributed by atoms with Gasteiger partial charge in [0.1, 0.15) is 11.4 Å². The monoisotopic (exact) mass is 479 g/mol. The van der Waals surface area contributed by atoms with E-state index in [4.69, 9.17) is 16.3 Å². The van der Waals surface area contributed by atoms with Crippen molar-refractivity contribution in [3.63, 3.8) is 0 Å². The van der Waals surface area contributed by atoms with E-state index in [1.807, 2.05) is 26.0 Å². The number of allylic oxidation sites excluding steroid dienone is 4. The Bertz CT molecular complexity index is 1060. The summed E-state index contributed by atoms with van der Waals surface area (Å²) in [5, 5.41) is 0.853. The summed E-state index contributed by atoms with van der Waals surface area (Å²) in [6.45, 7) is 9.52. The topological polar surface area (TPSA) is 45.7 Å². The Morgan fingerprint density at radius 1 is 1.26 bits per heavy atom. The summed E-state index contributed by atoms with van der Waals surface area (Å²) in [5.41, 5.74) is 4.29. The average molecular weight is 480 g/mol. The number of halogens is 1. The summed E-state index contributed by atoms with van der Waals surface area (Å²) in [7, 11) is 0. The van der Waals surface area contributed by atoms with Gasteiger partial charge in [-0.2, -0.15) is 0 Å². The number of anilines is 1. The highest BCUT2D eigenvalue weighted by Crippen LogP contribution is 2.31. The van der Waals surface area contributed by atoms with Crippen LogP contribution in [0, 0.1) is 0 Å². The molecule has 4 rings (SSSR count). The summed E-state index contributed by atoms with van der Waals surface area (Å²) in [5.74, 6) is 0.417. The average Bonchev–Trinajstić information content (AvgIpc) is 3.33. The number of aromatic nitrogens is 1. The van der Waals surface area contributed by atoms with Gasteiger partial charge in [-0.25, -0.2) is 9.78 Å². The van der Waals surface area contributed by atoms with Gasteiger partial charge in [0.05, 0.1) is 6.10 Å². The highest BCUT2D eigenvalue weighted by Gasteiger charge is 2.30. The first kappa shape index (κ1) is 24.5. The van der Waals surface area contributed by atoms with E-state index in [9.17, 15) is 4.79 Å². The fourth-order valence-electron chi connectivity index (χ4n) is 4.78. The molecular weight excluding hydrogens is 446 g/mol. The van der Waals surface area contributed by atoms with Crippen LogP contribution in [-0.4, -0.2) is 47.6 Å².